The smallest absolute Gasteiger partial charge is 0.256 e. The van der Waals surface area contributed by atoms with Crippen LogP contribution in [-0.2, 0) is 4.58 Å². The van der Waals surface area contributed by atoms with E-state index in [0.29, 0.717) is 22.5 Å². The molecule has 0 unspecified atom stereocenters. The van der Waals surface area contributed by atoms with Gasteiger partial charge in [0.15, 0.2) is 5.78 Å². The maximum Gasteiger partial charge on any atom is 0.256 e. The van der Waals surface area contributed by atoms with Crippen LogP contribution >= 0.6 is 0 Å². The highest BCUT2D eigenvalue weighted by Crippen LogP contribution is 2.41. The first-order valence-electron chi connectivity index (χ1n) is 9.24. The van der Waals surface area contributed by atoms with E-state index in [1.807, 2.05) is 24.9 Å². The summed E-state index contributed by atoms with van der Waals surface area (Å²) in [5.41, 5.74) is 4.69. The summed E-state index contributed by atoms with van der Waals surface area (Å²) in [5.74, 6) is -1.40. The van der Waals surface area contributed by atoms with Gasteiger partial charge in [-0.05, 0) is 42.9 Å². The van der Waals surface area contributed by atoms with E-state index in [2.05, 4.69) is 14.9 Å². The summed E-state index contributed by atoms with van der Waals surface area (Å²) >= 11 is 0. The number of benzene rings is 2. The van der Waals surface area contributed by atoms with Gasteiger partial charge in [-0.1, -0.05) is 23.9 Å². The molecule has 0 radical (unpaired) electrons. The van der Waals surface area contributed by atoms with Gasteiger partial charge in [0.25, 0.3) is 8.32 Å². The van der Waals surface area contributed by atoms with Crippen molar-refractivity contribution in [3.05, 3.63) is 76.5 Å². The normalized spacial score (nSPS) is 21.0. The molecule has 0 spiro atoms. The Morgan fingerprint density at radius 1 is 1.21 bits per heavy atom. The van der Waals surface area contributed by atoms with Crippen molar-refractivity contribution in [1.29, 1.82) is 0 Å². The highest BCUT2D eigenvalue weighted by atomic mass is 28.4. The number of hydrogen-bond acceptors (Lipinski definition) is 5. The molecule has 29 heavy (non-hydrogen) atoms. The highest BCUT2D eigenvalue weighted by molar-refractivity contribution is 6.76. The lowest BCUT2D eigenvalue weighted by atomic mass is 9.78. The largest absolute Gasteiger partial charge is 0.377 e. The van der Waals surface area contributed by atoms with Gasteiger partial charge in [-0.25, -0.2) is 8.78 Å². The molecule has 2 N–H and O–H groups in total. The Kier molecular flexibility index (Phi) is 4.93. The fourth-order valence-corrected chi connectivity index (χ4v) is 4.49. The third-order valence-corrected chi connectivity index (χ3v) is 6.67. The van der Waals surface area contributed by atoms with E-state index in [1.54, 1.807) is 12.1 Å². The van der Waals surface area contributed by atoms with Gasteiger partial charge in [-0.3, -0.25) is 19.6 Å². The Hall–Kier alpha value is -2.68. The number of nitrogens with one attached hydrogen (secondary N) is 1. The minimum Gasteiger partial charge on any atom is -0.377 e. The summed E-state index contributed by atoms with van der Waals surface area (Å²) in [5, 5.41) is 12.5. The summed E-state index contributed by atoms with van der Waals surface area (Å²) in [6, 6.07) is 8.30. The maximum absolute atomic E-state index is 14.2. The molecule has 2 aliphatic rings. The van der Waals surface area contributed by atoms with Crippen molar-refractivity contribution in [2.75, 3.05) is 11.9 Å². The maximum atomic E-state index is 14.2. The van der Waals surface area contributed by atoms with E-state index < -0.39 is 14.1 Å². The van der Waals surface area contributed by atoms with Gasteiger partial charge < -0.3 is 5.32 Å². The molecular weight excluding hydrogens is 394 g/mol. The number of anilines is 1. The summed E-state index contributed by atoms with van der Waals surface area (Å²) in [4.78, 5) is 16.8. The monoisotopic (exact) mass is 414 g/mol. The van der Waals surface area contributed by atoms with Crippen molar-refractivity contribution < 1.29 is 23.4 Å². The first kappa shape index (κ1) is 19.6. The van der Waals surface area contributed by atoms with Crippen molar-refractivity contribution in [1.82, 2.24) is 0 Å². The van der Waals surface area contributed by atoms with Gasteiger partial charge in [-0.15, -0.1) is 0 Å². The van der Waals surface area contributed by atoms with E-state index in [-0.39, 0.29) is 30.1 Å². The predicted molar refractivity (Wildman–Crippen MR) is 109 cm³/mol. The van der Waals surface area contributed by atoms with Crippen molar-refractivity contribution in [3.8, 4) is 0 Å². The Balaban J connectivity index is 1.88. The van der Waals surface area contributed by atoms with E-state index in [0.717, 1.165) is 5.56 Å². The molecule has 4 rings (SSSR count). The second kappa shape index (κ2) is 7.29. The van der Waals surface area contributed by atoms with Crippen LogP contribution < -0.4 is 5.32 Å². The summed E-state index contributed by atoms with van der Waals surface area (Å²) < 4.78 is 32.3. The Bertz CT molecular complexity index is 1030. The standard InChI is InChI=1S/C21H20F2N2O3Si/c1-29(2,28-27)8-7-15-20(12-3-5-13(22)6-4-12)25-17-10-14(23)9-16-18(26)11-24-21(15)19(16)17/h3-10,15,20,25,27H,11H2,1-2H3/b8-7+/t15-,20-/m1/s1. The predicted octanol–water partition coefficient (Wildman–Crippen LogP) is 4.52. The molecule has 2 aromatic rings. The Morgan fingerprint density at radius 3 is 2.62 bits per heavy atom. The van der Waals surface area contributed by atoms with Gasteiger partial charge in [0, 0.05) is 22.7 Å². The first-order valence-corrected chi connectivity index (χ1v) is 12.2. The molecule has 150 valence electrons. The Labute approximate surface area is 167 Å². The molecule has 2 aliphatic heterocycles. The van der Waals surface area contributed by atoms with Gasteiger partial charge in [0.2, 0.25) is 0 Å². The van der Waals surface area contributed by atoms with Gasteiger partial charge in [0.05, 0.1) is 11.8 Å². The zero-order valence-electron chi connectivity index (χ0n) is 15.9. The van der Waals surface area contributed by atoms with Gasteiger partial charge in [0.1, 0.15) is 18.2 Å². The number of aliphatic imine (C=N–C) groups is 1. The average molecular weight is 414 g/mol. The van der Waals surface area contributed by atoms with Crippen molar-refractivity contribution >= 4 is 25.5 Å². The molecule has 5 nitrogen and oxygen atoms in total. The summed E-state index contributed by atoms with van der Waals surface area (Å²) in [6.45, 7) is 3.60. The molecule has 0 saturated carbocycles. The molecule has 0 bridgehead atoms. The van der Waals surface area contributed by atoms with Crippen LogP contribution in [0.5, 0.6) is 0 Å². The summed E-state index contributed by atoms with van der Waals surface area (Å²) in [6.07, 6.45) is 1.90. The first-order chi connectivity index (χ1) is 13.8. The van der Waals surface area contributed by atoms with Crippen LogP contribution in [0.2, 0.25) is 13.1 Å². The quantitative estimate of drug-likeness (QED) is 0.438. The van der Waals surface area contributed by atoms with Crippen LogP contribution in [0.3, 0.4) is 0 Å². The zero-order valence-corrected chi connectivity index (χ0v) is 16.9. The van der Waals surface area contributed by atoms with Crippen molar-refractivity contribution in [2.45, 2.75) is 19.1 Å². The number of carbonyl (C=O) groups is 1. The second-order valence-electron chi connectivity index (χ2n) is 7.75. The number of rotatable bonds is 4. The van der Waals surface area contributed by atoms with Gasteiger partial charge in [-0.2, -0.15) is 0 Å². The minimum atomic E-state index is -2.45. The molecule has 0 amide bonds. The molecule has 2 atom stereocenters. The van der Waals surface area contributed by atoms with E-state index >= 15 is 0 Å². The van der Waals surface area contributed by atoms with Crippen LogP contribution in [0, 0.1) is 17.6 Å². The lowest BCUT2D eigenvalue weighted by Gasteiger charge is -2.37. The molecule has 0 fully saturated rings. The van der Waals surface area contributed by atoms with Crippen LogP contribution in [0.25, 0.3) is 0 Å². The van der Waals surface area contributed by atoms with E-state index in [1.165, 1.54) is 24.3 Å². The SMILES string of the molecule is C[Si](C)(/C=C/[C@H]1C2=NCC(=O)c3cc(F)cc(c32)N[C@@H]1c1ccc(F)cc1)OO. The number of hydrogen-bond donors (Lipinski definition) is 2. The van der Waals surface area contributed by atoms with Crippen LogP contribution in [0.4, 0.5) is 14.5 Å². The van der Waals surface area contributed by atoms with E-state index in [9.17, 15) is 18.8 Å². The molecule has 0 aromatic heterocycles. The van der Waals surface area contributed by atoms with Crippen molar-refractivity contribution in [2.24, 2.45) is 10.9 Å². The third-order valence-electron chi connectivity index (χ3n) is 5.21. The third kappa shape index (κ3) is 3.66. The molecule has 2 aromatic carbocycles. The topological polar surface area (TPSA) is 70.9 Å². The summed E-state index contributed by atoms with van der Waals surface area (Å²) in [7, 11) is -2.45. The number of Topliss-reactive ketones (excluding diaryl/α,β-unsaturated/α-hetero) is 1. The lowest BCUT2D eigenvalue weighted by Crippen LogP contribution is -2.37. The number of halogens is 2. The number of carbonyl (C=O) groups excluding carboxylic acids is 1. The van der Waals surface area contributed by atoms with Crippen molar-refractivity contribution in [3.63, 3.8) is 0 Å². The molecule has 0 saturated heterocycles. The number of nitrogens with zero attached hydrogens (tertiary/aromatic N) is 1. The Morgan fingerprint density at radius 2 is 1.93 bits per heavy atom. The van der Waals surface area contributed by atoms with Gasteiger partial charge >= 0.3 is 0 Å². The van der Waals surface area contributed by atoms with Crippen LogP contribution in [-0.4, -0.2) is 31.6 Å². The minimum absolute atomic E-state index is 0.0526. The lowest BCUT2D eigenvalue weighted by molar-refractivity contribution is -0.148. The molecule has 0 aliphatic carbocycles. The second-order valence-corrected chi connectivity index (χ2v) is 11.5. The van der Waals surface area contributed by atoms with E-state index in [4.69, 9.17) is 0 Å². The molecule has 8 heteroatoms. The van der Waals surface area contributed by atoms with Crippen LogP contribution in [0.1, 0.15) is 27.5 Å². The molecule has 2 heterocycles. The molecular formula is C21H20F2N2O3Si. The number of ketones is 1. The average Bonchev–Trinajstić information content (AvgIpc) is 2.69. The zero-order chi connectivity index (χ0) is 20.8. The fourth-order valence-electron chi connectivity index (χ4n) is 3.75. The highest BCUT2D eigenvalue weighted by Gasteiger charge is 2.38. The fraction of sp³-hybridized carbons (Fsp3) is 0.238. The van der Waals surface area contributed by atoms with Crippen LogP contribution in [0.15, 0.2) is 53.2 Å².